The van der Waals surface area contributed by atoms with Crippen LogP contribution in [0.15, 0.2) is 59.0 Å². The molecule has 2 aromatic carbocycles. The van der Waals surface area contributed by atoms with Gasteiger partial charge >= 0.3 is 0 Å². The molecule has 0 fully saturated rings. The van der Waals surface area contributed by atoms with Crippen LogP contribution in [0.2, 0.25) is 0 Å². The minimum absolute atomic E-state index is 0.0210. The lowest BCUT2D eigenvalue weighted by atomic mass is 9.91. The first kappa shape index (κ1) is 31.8. The molecule has 242 valence electrons. The van der Waals surface area contributed by atoms with Gasteiger partial charge in [-0.1, -0.05) is 32.0 Å². The van der Waals surface area contributed by atoms with E-state index < -0.39 is 29.6 Å². The number of pyridine rings is 1. The molecule has 0 radical (unpaired) electrons. The first-order valence-corrected chi connectivity index (χ1v) is 15.8. The van der Waals surface area contributed by atoms with Crippen LogP contribution in [0.5, 0.6) is 11.5 Å². The van der Waals surface area contributed by atoms with Crippen molar-refractivity contribution in [1.29, 1.82) is 0 Å². The van der Waals surface area contributed by atoms with E-state index in [-0.39, 0.29) is 36.9 Å². The predicted octanol–water partition coefficient (Wildman–Crippen LogP) is 6.06. The quantitative estimate of drug-likeness (QED) is 0.184. The Kier molecular flexibility index (Phi) is 8.99. The van der Waals surface area contributed by atoms with E-state index in [1.54, 1.807) is 19.1 Å². The molecular weight excluding hydrogens is 628 g/mol. The molecule has 3 aromatic heterocycles. The number of hydrogen-bond donors (Lipinski definition) is 2. The highest BCUT2D eigenvalue weighted by Crippen LogP contribution is 2.42. The second kappa shape index (κ2) is 13.3. The van der Waals surface area contributed by atoms with E-state index in [0.29, 0.717) is 61.6 Å². The first-order chi connectivity index (χ1) is 22.6. The van der Waals surface area contributed by atoms with Crippen LogP contribution in [0.4, 0.5) is 8.78 Å². The van der Waals surface area contributed by atoms with E-state index in [9.17, 15) is 18.4 Å². The summed E-state index contributed by atoms with van der Waals surface area (Å²) >= 11 is 1.13. The van der Waals surface area contributed by atoms with Gasteiger partial charge in [0.05, 0.1) is 27.4 Å². The summed E-state index contributed by atoms with van der Waals surface area (Å²) in [4.78, 5) is 32.2. The van der Waals surface area contributed by atoms with Gasteiger partial charge in [-0.05, 0) is 54.3 Å². The largest absolute Gasteiger partial charge is 0.486 e. The van der Waals surface area contributed by atoms with Gasteiger partial charge in [-0.25, -0.2) is 8.78 Å². The van der Waals surface area contributed by atoms with Crippen LogP contribution >= 0.6 is 11.3 Å². The molecule has 5 aromatic rings. The third-order valence-electron chi connectivity index (χ3n) is 7.44. The standard InChI is InChI=1S/C34H31F2N5O5S/c1-17(2)12-23-29(32(37)42)31(27-10-11-28(47-27)33(43)38-15-19-8-9-21(35)22(36)13-19)30(34-41-40-18(3)45-34)24(39-23)14-20-16-44-25-6-4-5-7-26(25)46-20/h4-11,13,17,20H,12,14-16H2,1-3H3,(H2,37,42)(H,38,43). The zero-order chi connectivity index (χ0) is 33.2. The fourth-order valence-electron chi connectivity index (χ4n) is 5.40. The molecular formula is C34H31F2N5O5S. The van der Waals surface area contributed by atoms with Crippen molar-refractivity contribution in [2.24, 2.45) is 11.7 Å². The zero-order valence-electron chi connectivity index (χ0n) is 25.8. The van der Waals surface area contributed by atoms with Crippen molar-refractivity contribution >= 4 is 23.2 Å². The first-order valence-electron chi connectivity index (χ1n) is 14.9. The van der Waals surface area contributed by atoms with E-state index >= 15 is 0 Å². The number of primary amides is 1. The summed E-state index contributed by atoms with van der Waals surface area (Å²) in [6.07, 6.45) is 0.286. The smallest absolute Gasteiger partial charge is 0.261 e. The summed E-state index contributed by atoms with van der Waals surface area (Å²) in [5.74, 6) is -1.30. The van der Waals surface area contributed by atoms with E-state index in [1.807, 2.05) is 38.1 Å². The molecule has 1 unspecified atom stereocenters. The van der Waals surface area contributed by atoms with Crippen LogP contribution in [-0.2, 0) is 19.4 Å². The van der Waals surface area contributed by atoms with Crippen LogP contribution in [0, 0.1) is 24.5 Å². The van der Waals surface area contributed by atoms with Gasteiger partial charge in [-0.2, -0.15) is 0 Å². The van der Waals surface area contributed by atoms with Crippen molar-refractivity contribution in [2.75, 3.05) is 6.61 Å². The SMILES string of the molecule is Cc1nnc(-c2c(CC3COc4ccccc4O3)nc(CC(C)C)c(C(N)=O)c2-c2ccc(C(=O)NCc3ccc(F)c(F)c3)s2)o1. The van der Waals surface area contributed by atoms with E-state index in [2.05, 4.69) is 15.5 Å². The third-order valence-corrected chi connectivity index (χ3v) is 8.54. The number of carbonyl (C=O) groups is 2. The third kappa shape index (κ3) is 6.85. The molecule has 4 heterocycles. The van der Waals surface area contributed by atoms with Crippen molar-refractivity contribution in [2.45, 2.75) is 46.3 Å². The van der Waals surface area contributed by atoms with Gasteiger partial charge in [-0.3, -0.25) is 14.6 Å². The minimum Gasteiger partial charge on any atom is -0.486 e. The molecule has 3 N–H and O–H groups in total. The number of nitrogens with two attached hydrogens (primary N) is 1. The molecule has 0 saturated heterocycles. The number of thiophene rings is 1. The Labute approximate surface area is 273 Å². The van der Waals surface area contributed by atoms with Crippen molar-refractivity contribution in [1.82, 2.24) is 20.5 Å². The van der Waals surface area contributed by atoms with Gasteiger partial charge in [0.1, 0.15) is 12.7 Å². The normalized spacial score (nSPS) is 14.0. The molecule has 6 rings (SSSR count). The Morgan fingerprint density at radius 1 is 1.02 bits per heavy atom. The molecule has 13 heteroatoms. The number of ether oxygens (including phenoxy) is 2. The van der Waals surface area contributed by atoms with Gasteiger partial charge in [-0.15, -0.1) is 21.5 Å². The van der Waals surface area contributed by atoms with Crippen molar-refractivity contribution < 1.29 is 32.3 Å². The lowest BCUT2D eigenvalue weighted by molar-refractivity contribution is 0.0906. The van der Waals surface area contributed by atoms with Gasteiger partial charge in [0.25, 0.3) is 11.8 Å². The van der Waals surface area contributed by atoms with Crippen LogP contribution in [0.25, 0.3) is 21.9 Å². The molecule has 0 saturated carbocycles. The number of nitrogens with zero attached hydrogens (tertiary/aromatic N) is 3. The molecule has 0 bridgehead atoms. The fraction of sp³-hybridized carbons (Fsp3) is 0.265. The van der Waals surface area contributed by atoms with Crippen LogP contribution in [0.3, 0.4) is 0 Å². The number of aromatic nitrogens is 3. The Morgan fingerprint density at radius 3 is 2.51 bits per heavy atom. The van der Waals surface area contributed by atoms with Crippen molar-refractivity contribution in [3.63, 3.8) is 0 Å². The maximum Gasteiger partial charge on any atom is 0.261 e. The van der Waals surface area contributed by atoms with Crippen molar-refractivity contribution in [3.8, 4) is 33.4 Å². The number of aryl methyl sites for hydroxylation is 1. The Bertz CT molecular complexity index is 1970. The Hall–Kier alpha value is -5.17. The lowest BCUT2D eigenvalue weighted by Gasteiger charge is -2.27. The Balaban J connectivity index is 1.44. The highest BCUT2D eigenvalue weighted by Gasteiger charge is 2.32. The number of hydrogen-bond acceptors (Lipinski definition) is 9. The van der Waals surface area contributed by atoms with E-state index in [1.165, 1.54) is 6.07 Å². The number of rotatable bonds is 10. The summed E-state index contributed by atoms with van der Waals surface area (Å²) in [5.41, 5.74) is 8.49. The molecule has 0 aliphatic carbocycles. The van der Waals surface area contributed by atoms with Crippen molar-refractivity contribution in [3.05, 3.63) is 99.5 Å². The summed E-state index contributed by atoms with van der Waals surface area (Å²) in [6, 6.07) is 14.1. The number of nitrogens with one attached hydrogen (secondary N) is 1. The van der Waals surface area contributed by atoms with Gasteiger partial charge in [0.2, 0.25) is 11.8 Å². The number of carbonyl (C=O) groups excluding carboxylic acids is 2. The summed E-state index contributed by atoms with van der Waals surface area (Å²) in [6.45, 7) is 5.91. The summed E-state index contributed by atoms with van der Waals surface area (Å²) in [7, 11) is 0. The molecule has 1 aliphatic heterocycles. The summed E-state index contributed by atoms with van der Waals surface area (Å²) < 4.78 is 45.2. The predicted molar refractivity (Wildman–Crippen MR) is 170 cm³/mol. The maximum absolute atomic E-state index is 13.7. The maximum atomic E-state index is 13.7. The molecule has 47 heavy (non-hydrogen) atoms. The second-order valence-corrected chi connectivity index (χ2v) is 12.6. The fourth-order valence-corrected chi connectivity index (χ4v) is 6.38. The highest BCUT2D eigenvalue weighted by atomic mass is 32.1. The van der Waals surface area contributed by atoms with Crippen LogP contribution in [0.1, 0.15) is 56.7 Å². The van der Waals surface area contributed by atoms with Gasteiger partial charge in [0.15, 0.2) is 23.1 Å². The molecule has 1 aliphatic rings. The van der Waals surface area contributed by atoms with Crippen LogP contribution < -0.4 is 20.5 Å². The number of halogens is 2. The molecule has 0 spiro atoms. The Morgan fingerprint density at radius 2 is 1.81 bits per heavy atom. The van der Waals surface area contributed by atoms with Gasteiger partial charge < -0.3 is 24.9 Å². The second-order valence-electron chi connectivity index (χ2n) is 11.5. The van der Waals surface area contributed by atoms with Gasteiger partial charge in [0, 0.05) is 30.3 Å². The number of amides is 2. The summed E-state index contributed by atoms with van der Waals surface area (Å²) in [5, 5.41) is 11.1. The lowest BCUT2D eigenvalue weighted by Crippen LogP contribution is -2.32. The number of para-hydroxylation sites is 2. The number of fused-ring (bicyclic) bond motifs is 1. The average Bonchev–Trinajstić information content (AvgIpc) is 3.70. The molecule has 1 atom stereocenters. The monoisotopic (exact) mass is 659 g/mol. The van der Waals surface area contributed by atoms with Crippen LogP contribution in [-0.4, -0.2) is 39.7 Å². The molecule has 2 amide bonds. The highest BCUT2D eigenvalue weighted by molar-refractivity contribution is 7.17. The van der Waals surface area contributed by atoms with E-state index in [4.69, 9.17) is 24.6 Å². The molecule has 10 nitrogen and oxygen atoms in total. The zero-order valence-corrected chi connectivity index (χ0v) is 26.6. The number of benzene rings is 2. The van der Waals surface area contributed by atoms with E-state index in [0.717, 1.165) is 23.5 Å². The average molecular weight is 660 g/mol. The topological polar surface area (TPSA) is 142 Å². The minimum atomic E-state index is -1.00.